The molecular weight excluding hydrogens is 432 g/mol. The van der Waals surface area contributed by atoms with Gasteiger partial charge in [-0.05, 0) is 36.1 Å². The van der Waals surface area contributed by atoms with Gasteiger partial charge >= 0.3 is 0 Å². The van der Waals surface area contributed by atoms with Crippen LogP contribution in [0.4, 0.5) is 5.69 Å². The zero-order chi connectivity index (χ0) is 24.5. The van der Waals surface area contributed by atoms with E-state index in [9.17, 15) is 19.5 Å². The van der Waals surface area contributed by atoms with Gasteiger partial charge in [-0.1, -0.05) is 49.4 Å². The molecule has 8 heteroatoms. The molecule has 2 atom stereocenters. The van der Waals surface area contributed by atoms with Gasteiger partial charge in [-0.15, -0.1) is 0 Å². The van der Waals surface area contributed by atoms with Gasteiger partial charge in [-0.25, -0.2) is 5.01 Å². The maximum absolute atomic E-state index is 12.9. The highest BCUT2D eigenvalue weighted by atomic mass is 16.3. The molecule has 1 aliphatic heterocycles. The molecule has 0 aliphatic carbocycles. The van der Waals surface area contributed by atoms with Gasteiger partial charge in [0.2, 0.25) is 17.7 Å². The summed E-state index contributed by atoms with van der Waals surface area (Å²) >= 11 is 0. The molecule has 2 aromatic carbocycles. The molecule has 34 heavy (non-hydrogen) atoms. The summed E-state index contributed by atoms with van der Waals surface area (Å²) in [6.07, 6.45) is 1.18. The number of aliphatic hydroxyl groups is 1. The van der Waals surface area contributed by atoms with E-state index in [0.717, 1.165) is 29.8 Å². The molecule has 1 saturated heterocycles. The molecule has 3 N–H and O–H groups in total. The summed E-state index contributed by atoms with van der Waals surface area (Å²) in [7, 11) is 0. The van der Waals surface area contributed by atoms with Gasteiger partial charge in [0, 0.05) is 38.7 Å². The Kier molecular flexibility index (Phi) is 9.18. The second kappa shape index (κ2) is 12.3. The highest BCUT2D eigenvalue weighted by molar-refractivity contribution is 5.95. The van der Waals surface area contributed by atoms with Crippen LogP contribution < -0.4 is 15.6 Å². The van der Waals surface area contributed by atoms with Crippen molar-refractivity contribution in [3.63, 3.8) is 0 Å². The summed E-state index contributed by atoms with van der Waals surface area (Å²) in [6, 6.07) is 16.6. The number of amides is 3. The molecule has 0 aromatic heterocycles. The Balaban J connectivity index is 1.65. The third kappa shape index (κ3) is 7.40. The third-order valence-corrected chi connectivity index (χ3v) is 5.90. The van der Waals surface area contributed by atoms with Crippen molar-refractivity contribution in [2.75, 3.05) is 24.5 Å². The fourth-order valence-corrected chi connectivity index (χ4v) is 4.14. The average molecular weight is 467 g/mol. The summed E-state index contributed by atoms with van der Waals surface area (Å²) in [5.41, 5.74) is 5.37. The van der Waals surface area contributed by atoms with Crippen molar-refractivity contribution in [2.24, 2.45) is 0 Å². The van der Waals surface area contributed by atoms with Crippen molar-refractivity contribution in [2.45, 2.75) is 51.7 Å². The van der Waals surface area contributed by atoms with Crippen LogP contribution in [0.25, 0.3) is 0 Å². The van der Waals surface area contributed by atoms with Crippen LogP contribution in [0.1, 0.15) is 37.8 Å². The quantitative estimate of drug-likeness (QED) is 0.439. The van der Waals surface area contributed by atoms with E-state index in [1.54, 1.807) is 9.91 Å². The number of aliphatic hydroxyl groups excluding tert-OH is 1. The Bertz CT molecular complexity index is 965. The maximum Gasteiger partial charge on any atom is 0.231 e. The zero-order valence-corrected chi connectivity index (χ0v) is 19.9. The molecule has 3 rings (SSSR count). The number of likely N-dealkylation sites (N-methyl/N-ethyl adjacent to an activating group) is 1. The van der Waals surface area contributed by atoms with Gasteiger partial charge < -0.3 is 15.3 Å². The maximum atomic E-state index is 12.9. The number of carbonyl (C=O) groups excluding carboxylic acids is 3. The molecule has 0 unspecified atom stereocenters. The number of hydrazine groups is 1. The number of rotatable bonds is 11. The second-order valence-corrected chi connectivity index (χ2v) is 8.63. The molecule has 0 bridgehead atoms. The van der Waals surface area contributed by atoms with Crippen LogP contribution in [0.5, 0.6) is 0 Å². The summed E-state index contributed by atoms with van der Waals surface area (Å²) in [5, 5.41) is 15.6. The number of anilines is 1. The topological polar surface area (TPSA) is 102 Å². The lowest BCUT2D eigenvalue weighted by atomic mass is 10.00. The van der Waals surface area contributed by atoms with Crippen LogP contribution in [-0.2, 0) is 27.2 Å². The van der Waals surface area contributed by atoms with Crippen molar-refractivity contribution in [1.82, 2.24) is 15.8 Å². The number of benzene rings is 2. The molecule has 1 heterocycles. The van der Waals surface area contributed by atoms with Gasteiger partial charge in [0.25, 0.3) is 0 Å². The molecule has 1 aliphatic rings. The Morgan fingerprint density at radius 2 is 1.79 bits per heavy atom. The normalized spacial score (nSPS) is 15.3. The summed E-state index contributed by atoms with van der Waals surface area (Å²) in [6.45, 7) is 4.74. The smallest absolute Gasteiger partial charge is 0.231 e. The molecule has 182 valence electrons. The van der Waals surface area contributed by atoms with Crippen LogP contribution in [-0.4, -0.2) is 59.6 Å². The molecule has 0 radical (unpaired) electrons. The first-order chi connectivity index (χ1) is 16.4. The first kappa shape index (κ1) is 25.4. The standard InChI is InChI=1S/C26H34N4O4/c1-3-29(28-19(2)31)18-24(32)23(16-20-8-5-4-6-9-20)27-25(33)17-21-11-13-22(14-12-21)30-15-7-10-26(30)34/h4-6,8-9,11-14,23-24,32H,3,7,10,15-18H2,1-2H3,(H,27,33)(H,28,31)/t23-,24+/m0/s1. The first-order valence-electron chi connectivity index (χ1n) is 11.8. The van der Waals surface area contributed by atoms with Crippen molar-refractivity contribution < 1.29 is 19.5 Å². The molecule has 0 spiro atoms. The van der Waals surface area contributed by atoms with E-state index >= 15 is 0 Å². The van der Waals surface area contributed by atoms with E-state index in [0.29, 0.717) is 19.4 Å². The van der Waals surface area contributed by atoms with Crippen LogP contribution in [0.3, 0.4) is 0 Å². The van der Waals surface area contributed by atoms with Crippen LogP contribution >= 0.6 is 0 Å². The predicted molar refractivity (Wildman–Crippen MR) is 131 cm³/mol. The van der Waals surface area contributed by atoms with Crippen molar-refractivity contribution in [3.05, 3.63) is 65.7 Å². The van der Waals surface area contributed by atoms with Crippen molar-refractivity contribution in [3.8, 4) is 0 Å². The van der Waals surface area contributed by atoms with Crippen LogP contribution in [0, 0.1) is 0 Å². The lowest BCUT2D eigenvalue weighted by Crippen LogP contribution is -2.53. The number of carbonyl (C=O) groups is 3. The van der Waals surface area contributed by atoms with Crippen LogP contribution in [0.2, 0.25) is 0 Å². The third-order valence-electron chi connectivity index (χ3n) is 5.90. The van der Waals surface area contributed by atoms with Gasteiger partial charge in [0.15, 0.2) is 0 Å². The average Bonchev–Trinajstić information content (AvgIpc) is 3.24. The Morgan fingerprint density at radius 3 is 2.38 bits per heavy atom. The lowest BCUT2D eigenvalue weighted by molar-refractivity contribution is -0.125. The van der Waals surface area contributed by atoms with Crippen molar-refractivity contribution in [1.29, 1.82) is 0 Å². The highest BCUT2D eigenvalue weighted by Gasteiger charge is 2.25. The number of nitrogens with zero attached hydrogens (tertiary/aromatic N) is 2. The second-order valence-electron chi connectivity index (χ2n) is 8.63. The fraction of sp³-hybridized carbons (Fsp3) is 0.423. The largest absolute Gasteiger partial charge is 0.390 e. The lowest BCUT2D eigenvalue weighted by Gasteiger charge is -2.29. The number of hydrogen-bond acceptors (Lipinski definition) is 5. The molecule has 3 amide bonds. The summed E-state index contributed by atoms with van der Waals surface area (Å²) in [4.78, 5) is 38.0. The molecule has 0 saturated carbocycles. The zero-order valence-electron chi connectivity index (χ0n) is 19.9. The van der Waals surface area contributed by atoms with Gasteiger partial charge in [0.1, 0.15) is 0 Å². The first-order valence-corrected chi connectivity index (χ1v) is 11.8. The SMILES string of the molecule is CCN(C[C@@H](O)[C@H](Cc1ccccc1)NC(=O)Cc1ccc(N2CCCC2=O)cc1)NC(C)=O. The Morgan fingerprint density at radius 1 is 1.09 bits per heavy atom. The minimum atomic E-state index is -0.889. The van der Waals surface area contributed by atoms with Gasteiger partial charge in [-0.2, -0.15) is 0 Å². The Hall–Kier alpha value is -3.23. The Labute approximate surface area is 200 Å². The minimum absolute atomic E-state index is 0.128. The van der Waals surface area contributed by atoms with E-state index in [1.165, 1.54) is 6.92 Å². The monoisotopic (exact) mass is 466 g/mol. The number of nitrogens with one attached hydrogen (secondary N) is 2. The van der Waals surface area contributed by atoms with E-state index < -0.39 is 12.1 Å². The van der Waals surface area contributed by atoms with Crippen molar-refractivity contribution >= 4 is 23.4 Å². The van der Waals surface area contributed by atoms with E-state index in [4.69, 9.17) is 0 Å². The fourth-order valence-electron chi connectivity index (χ4n) is 4.14. The van der Waals surface area contributed by atoms with E-state index in [2.05, 4.69) is 10.7 Å². The van der Waals surface area contributed by atoms with Gasteiger partial charge in [-0.3, -0.25) is 19.8 Å². The minimum Gasteiger partial charge on any atom is -0.390 e. The predicted octanol–water partition coefficient (Wildman–Crippen LogP) is 1.82. The summed E-state index contributed by atoms with van der Waals surface area (Å²) < 4.78 is 0. The summed E-state index contributed by atoms with van der Waals surface area (Å²) in [5.74, 6) is -0.284. The molecule has 1 fully saturated rings. The van der Waals surface area contributed by atoms with E-state index in [1.807, 2.05) is 61.5 Å². The highest BCUT2D eigenvalue weighted by Crippen LogP contribution is 2.21. The molecular formula is C26H34N4O4. The number of hydrogen-bond donors (Lipinski definition) is 3. The van der Waals surface area contributed by atoms with Crippen LogP contribution in [0.15, 0.2) is 54.6 Å². The van der Waals surface area contributed by atoms with Gasteiger partial charge in [0.05, 0.1) is 18.6 Å². The van der Waals surface area contributed by atoms with E-state index in [-0.39, 0.29) is 30.7 Å². The molecule has 2 aromatic rings. The molecule has 8 nitrogen and oxygen atoms in total.